The molecule has 1 amide bonds. The second-order valence-electron chi connectivity index (χ2n) is 6.76. The average molecular weight is 380 g/mol. The first-order chi connectivity index (χ1) is 12.1. The van der Waals surface area contributed by atoms with E-state index in [4.69, 9.17) is 0 Å². The molecule has 0 saturated carbocycles. The van der Waals surface area contributed by atoms with Crippen LogP contribution in [0.2, 0.25) is 0 Å². The van der Waals surface area contributed by atoms with Crippen molar-refractivity contribution in [2.24, 2.45) is 11.3 Å². The Kier molecular flexibility index (Phi) is 5.87. The number of aliphatic carboxylic acids is 1. The zero-order valence-corrected chi connectivity index (χ0v) is 15.8. The van der Waals surface area contributed by atoms with E-state index in [0.717, 1.165) is 0 Å². The number of hydrogen-bond donors (Lipinski definition) is 2. The fraction of sp³-hybridized carbons (Fsp3) is 0.444. The van der Waals surface area contributed by atoms with Crippen molar-refractivity contribution < 1.29 is 23.1 Å². The van der Waals surface area contributed by atoms with Gasteiger partial charge in [0, 0.05) is 25.2 Å². The Hall–Kier alpha value is -2.19. The second kappa shape index (κ2) is 7.59. The number of carbonyl (C=O) groups is 2. The Labute approximate surface area is 153 Å². The summed E-state index contributed by atoms with van der Waals surface area (Å²) in [6, 6.07) is 5.62. The Morgan fingerprint density at radius 2 is 1.96 bits per heavy atom. The number of nitrogens with zero attached hydrogens (tertiary/aromatic N) is 1. The van der Waals surface area contributed by atoms with Crippen LogP contribution in [0, 0.1) is 11.3 Å². The number of benzene rings is 1. The van der Waals surface area contributed by atoms with Gasteiger partial charge in [-0.3, -0.25) is 9.59 Å². The predicted octanol–water partition coefficient (Wildman–Crippen LogP) is 1.72. The first-order valence-corrected chi connectivity index (χ1v) is 9.85. The predicted molar refractivity (Wildman–Crippen MR) is 97.3 cm³/mol. The van der Waals surface area contributed by atoms with Gasteiger partial charge in [0.1, 0.15) is 0 Å². The minimum atomic E-state index is -3.65. The topological polar surface area (TPSA) is 104 Å². The number of sulfonamides is 1. The number of carbonyl (C=O) groups excluding carboxylic acids is 1. The smallest absolute Gasteiger partial charge is 0.311 e. The molecule has 7 nitrogen and oxygen atoms in total. The minimum Gasteiger partial charge on any atom is -0.481 e. The fourth-order valence-electron chi connectivity index (χ4n) is 3.11. The molecule has 26 heavy (non-hydrogen) atoms. The van der Waals surface area contributed by atoms with Crippen molar-refractivity contribution in [1.82, 2.24) is 9.62 Å². The van der Waals surface area contributed by atoms with Crippen LogP contribution in [0.5, 0.6) is 0 Å². The molecule has 8 heteroatoms. The van der Waals surface area contributed by atoms with Crippen LogP contribution in [0.4, 0.5) is 0 Å². The van der Waals surface area contributed by atoms with E-state index in [-0.39, 0.29) is 29.8 Å². The molecule has 1 atom stereocenters. The molecule has 1 aliphatic rings. The molecule has 1 fully saturated rings. The highest BCUT2D eigenvalue weighted by molar-refractivity contribution is 7.89. The lowest BCUT2D eigenvalue weighted by Gasteiger charge is -2.28. The zero-order valence-electron chi connectivity index (χ0n) is 14.9. The van der Waals surface area contributed by atoms with E-state index in [2.05, 4.69) is 11.3 Å². The molecular weight excluding hydrogens is 356 g/mol. The molecule has 2 N–H and O–H groups in total. The van der Waals surface area contributed by atoms with Crippen LogP contribution in [0.1, 0.15) is 30.6 Å². The standard InChI is InChI=1S/C18H24N2O5S/c1-4-10-19-26(24,25)15-7-5-14(6-8-15)16(21)20-11-9-18(12-20,13(2)3)17(22)23/h4-8,13,19H,1,9-12H2,2-3H3,(H,22,23). The van der Waals surface area contributed by atoms with Gasteiger partial charge in [-0.05, 0) is 36.6 Å². The van der Waals surface area contributed by atoms with Gasteiger partial charge in [0.15, 0.2) is 0 Å². The molecule has 142 valence electrons. The molecule has 0 aromatic heterocycles. The van der Waals surface area contributed by atoms with Crippen LogP contribution in [-0.2, 0) is 14.8 Å². The van der Waals surface area contributed by atoms with Crippen molar-refractivity contribution in [3.05, 3.63) is 42.5 Å². The summed E-state index contributed by atoms with van der Waals surface area (Å²) in [4.78, 5) is 25.9. The SMILES string of the molecule is C=CCNS(=O)(=O)c1ccc(C(=O)N2CCC(C(=O)O)(C(C)C)C2)cc1. The largest absolute Gasteiger partial charge is 0.481 e. The van der Waals surface area contributed by atoms with Crippen LogP contribution in [0.3, 0.4) is 0 Å². The summed E-state index contributed by atoms with van der Waals surface area (Å²) in [6.07, 6.45) is 1.84. The molecule has 0 aliphatic carbocycles. The Balaban J connectivity index is 2.16. The third-order valence-electron chi connectivity index (χ3n) is 4.95. The number of carboxylic acid groups (broad SMARTS) is 1. The molecule has 1 unspecified atom stereocenters. The third kappa shape index (κ3) is 3.81. The van der Waals surface area contributed by atoms with E-state index in [1.54, 1.807) is 0 Å². The van der Waals surface area contributed by atoms with Gasteiger partial charge in [-0.1, -0.05) is 19.9 Å². The summed E-state index contributed by atoms with van der Waals surface area (Å²) in [5.74, 6) is -1.28. The van der Waals surface area contributed by atoms with Gasteiger partial charge in [0.05, 0.1) is 10.3 Å². The zero-order chi connectivity index (χ0) is 19.5. The van der Waals surface area contributed by atoms with Crippen molar-refractivity contribution >= 4 is 21.9 Å². The van der Waals surface area contributed by atoms with Crippen molar-refractivity contribution in [1.29, 1.82) is 0 Å². The molecule has 0 radical (unpaired) electrons. The van der Waals surface area contributed by atoms with Gasteiger partial charge in [-0.2, -0.15) is 0 Å². The normalized spacial score (nSPS) is 20.3. The summed E-state index contributed by atoms with van der Waals surface area (Å²) in [6.45, 7) is 7.78. The van der Waals surface area contributed by atoms with Gasteiger partial charge in [0.25, 0.3) is 5.91 Å². The first kappa shape index (κ1) is 20.1. The maximum Gasteiger partial charge on any atom is 0.311 e. The Bertz CT molecular complexity index is 801. The number of rotatable bonds is 7. The number of nitrogens with one attached hydrogen (secondary N) is 1. The number of likely N-dealkylation sites (tertiary alicyclic amines) is 1. The highest BCUT2D eigenvalue weighted by Gasteiger charge is 2.48. The molecular formula is C18H24N2O5S. The van der Waals surface area contributed by atoms with Crippen molar-refractivity contribution in [3.63, 3.8) is 0 Å². The van der Waals surface area contributed by atoms with Gasteiger partial charge in [-0.15, -0.1) is 6.58 Å². The molecule has 1 aliphatic heterocycles. The van der Waals surface area contributed by atoms with Crippen molar-refractivity contribution in [2.45, 2.75) is 25.2 Å². The minimum absolute atomic E-state index is 0.0550. The summed E-state index contributed by atoms with van der Waals surface area (Å²) < 4.78 is 26.4. The van der Waals surface area contributed by atoms with Crippen LogP contribution in [0.15, 0.2) is 41.8 Å². The summed E-state index contributed by atoms with van der Waals surface area (Å²) in [5, 5.41) is 9.58. The summed E-state index contributed by atoms with van der Waals surface area (Å²) in [7, 11) is -3.65. The van der Waals surface area contributed by atoms with E-state index in [0.29, 0.717) is 18.5 Å². The lowest BCUT2D eigenvalue weighted by Crippen LogP contribution is -2.40. The van der Waals surface area contributed by atoms with E-state index >= 15 is 0 Å². The van der Waals surface area contributed by atoms with E-state index in [9.17, 15) is 23.1 Å². The van der Waals surface area contributed by atoms with Crippen LogP contribution in [0.25, 0.3) is 0 Å². The van der Waals surface area contributed by atoms with E-state index < -0.39 is 21.4 Å². The van der Waals surface area contributed by atoms with Crippen LogP contribution in [-0.4, -0.2) is 49.9 Å². The second-order valence-corrected chi connectivity index (χ2v) is 8.52. The number of hydrogen-bond acceptors (Lipinski definition) is 4. The van der Waals surface area contributed by atoms with E-state index in [1.165, 1.54) is 35.2 Å². The highest BCUT2D eigenvalue weighted by Crippen LogP contribution is 2.38. The molecule has 0 spiro atoms. The summed E-state index contributed by atoms with van der Waals surface area (Å²) >= 11 is 0. The molecule has 1 aromatic rings. The Morgan fingerprint density at radius 1 is 1.35 bits per heavy atom. The quantitative estimate of drug-likeness (QED) is 0.701. The maximum atomic E-state index is 12.7. The molecule has 0 bridgehead atoms. The van der Waals surface area contributed by atoms with Crippen LogP contribution >= 0.6 is 0 Å². The molecule has 1 saturated heterocycles. The lowest BCUT2D eigenvalue weighted by atomic mass is 9.76. The third-order valence-corrected chi connectivity index (χ3v) is 6.39. The fourth-order valence-corrected chi connectivity index (χ4v) is 4.11. The highest BCUT2D eigenvalue weighted by atomic mass is 32.2. The van der Waals surface area contributed by atoms with Crippen molar-refractivity contribution in [2.75, 3.05) is 19.6 Å². The molecule has 1 heterocycles. The number of carboxylic acids is 1. The van der Waals surface area contributed by atoms with E-state index in [1.807, 2.05) is 13.8 Å². The van der Waals surface area contributed by atoms with Gasteiger partial charge in [0.2, 0.25) is 10.0 Å². The van der Waals surface area contributed by atoms with Gasteiger partial charge >= 0.3 is 5.97 Å². The number of amides is 1. The monoisotopic (exact) mass is 380 g/mol. The van der Waals surface area contributed by atoms with Gasteiger partial charge in [-0.25, -0.2) is 13.1 Å². The average Bonchev–Trinajstić information content (AvgIpc) is 3.06. The van der Waals surface area contributed by atoms with Gasteiger partial charge < -0.3 is 10.0 Å². The Morgan fingerprint density at radius 3 is 2.42 bits per heavy atom. The molecule has 2 rings (SSSR count). The van der Waals surface area contributed by atoms with Crippen LogP contribution < -0.4 is 4.72 Å². The first-order valence-electron chi connectivity index (χ1n) is 8.37. The maximum absolute atomic E-state index is 12.7. The molecule has 1 aromatic carbocycles. The lowest BCUT2D eigenvalue weighted by molar-refractivity contribution is -0.150. The summed E-state index contributed by atoms with van der Waals surface area (Å²) in [5.41, 5.74) is -0.606. The van der Waals surface area contributed by atoms with Crippen molar-refractivity contribution in [3.8, 4) is 0 Å².